The number of nitrogens with zero attached hydrogens (tertiary/aromatic N) is 2. The zero-order valence-electron chi connectivity index (χ0n) is 17.5. The van der Waals surface area contributed by atoms with Crippen molar-refractivity contribution in [1.82, 2.24) is 4.90 Å². The van der Waals surface area contributed by atoms with E-state index in [1.54, 1.807) is 53.4 Å². The molecule has 166 valence electrons. The number of morpholine rings is 1. The fourth-order valence-electron chi connectivity index (χ4n) is 3.49. The lowest BCUT2D eigenvalue weighted by Gasteiger charge is -2.26. The van der Waals surface area contributed by atoms with Crippen LogP contribution in [-0.2, 0) is 14.3 Å². The van der Waals surface area contributed by atoms with Crippen LogP contribution in [0.25, 0.3) is 0 Å². The number of carbonyl (C=O) groups is 3. The predicted octanol–water partition coefficient (Wildman–Crippen LogP) is 2.99. The summed E-state index contributed by atoms with van der Waals surface area (Å²) >= 11 is 6.19. The van der Waals surface area contributed by atoms with Gasteiger partial charge >= 0.3 is 0 Å². The van der Waals surface area contributed by atoms with E-state index in [1.807, 2.05) is 6.92 Å². The highest BCUT2D eigenvalue weighted by Crippen LogP contribution is 2.31. The van der Waals surface area contributed by atoms with Gasteiger partial charge in [0, 0.05) is 24.3 Å². The number of halogens is 1. The molecule has 2 aliphatic rings. The molecule has 1 saturated heterocycles. The molecule has 0 atom stereocenters. The molecule has 4 rings (SSSR count). The maximum Gasteiger partial charge on any atom is 0.283 e. The summed E-state index contributed by atoms with van der Waals surface area (Å²) in [5.74, 6) is -0.606. The summed E-state index contributed by atoms with van der Waals surface area (Å²) in [5.41, 5.74) is 1.44. The Morgan fingerprint density at radius 1 is 1.03 bits per heavy atom. The Hall–Kier alpha value is -3.36. The van der Waals surface area contributed by atoms with Gasteiger partial charge < -0.3 is 19.7 Å². The molecule has 2 aliphatic heterocycles. The lowest BCUT2D eigenvalue weighted by Crippen LogP contribution is -2.40. The van der Waals surface area contributed by atoms with Gasteiger partial charge in [-0.1, -0.05) is 11.6 Å². The molecule has 0 unspecified atom stereocenters. The summed E-state index contributed by atoms with van der Waals surface area (Å²) in [7, 11) is 0. The van der Waals surface area contributed by atoms with E-state index in [0.29, 0.717) is 55.6 Å². The third-order valence-electron chi connectivity index (χ3n) is 5.13. The van der Waals surface area contributed by atoms with Crippen molar-refractivity contribution in [2.75, 3.05) is 43.1 Å². The third kappa shape index (κ3) is 4.32. The number of rotatable bonds is 6. The summed E-state index contributed by atoms with van der Waals surface area (Å²) in [6, 6.07) is 13.3. The molecule has 1 N–H and O–H groups in total. The molecule has 0 bridgehead atoms. The first-order chi connectivity index (χ1) is 15.5. The molecule has 9 heteroatoms. The van der Waals surface area contributed by atoms with Crippen LogP contribution in [0.15, 0.2) is 59.3 Å². The zero-order valence-corrected chi connectivity index (χ0v) is 18.2. The van der Waals surface area contributed by atoms with Crippen molar-refractivity contribution < 1.29 is 23.9 Å². The number of imide groups is 1. The van der Waals surface area contributed by atoms with E-state index < -0.39 is 11.8 Å². The van der Waals surface area contributed by atoms with Gasteiger partial charge in [-0.25, -0.2) is 4.90 Å². The molecule has 0 aliphatic carbocycles. The maximum absolute atomic E-state index is 12.9. The number of nitrogens with one attached hydrogen (secondary N) is 1. The Bertz CT molecular complexity index is 1060. The van der Waals surface area contributed by atoms with Crippen molar-refractivity contribution >= 4 is 40.7 Å². The van der Waals surface area contributed by atoms with Crippen LogP contribution in [0.1, 0.15) is 17.3 Å². The zero-order chi connectivity index (χ0) is 22.7. The second kappa shape index (κ2) is 9.42. The molecule has 0 saturated carbocycles. The second-order valence-electron chi connectivity index (χ2n) is 7.17. The van der Waals surface area contributed by atoms with Crippen LogP contribution in [0.2, 0.25) is 0 Å². The standard InChI is InChI=1S/C23H22ClN3O5/c1-2-32-18-9-7-17(8-10-18)27-22(29)19(24)20(23(27)30)25-16-5-3-15(4-6-16)21(28)26-11-13-31-14-12-26/h3-10,25H,2,11-14H2,1H3. The Labute approximate surface area is 190 Å². The highest BCUT2D eigenvalue weighted by molar-refractivity contribution is 6.53. The molecule has 2 aromatic carbocycles. The van der Waals surface area contributed by atoms with E-state index >= 15 is 0 Å². The third-order valence-corrected chi connectivity index (χ3v) is 5.48. The molecule has 1 fully saturated rings. The molecule has 0 aromatic heterocycles. The summed E-state index contributed by atoms with van der Waals surface area (Å²) in [5, 5.41) is 2.72. The van der Waals surface area contributed by atoms with Crippen molar-refractivity contribution in [3.05, 3.63) is 64.8 Å². The lowest BCUT2D eigenvalue weighted by molar-refractivity contribution is -0.120. The summed E-state index contributed by atoms with van der Waals surface area (Å²) in [6.07, 6.45) is 0. The normalized spacial score (nSPS) is 16.6. The van der Waals surface area contributed by atoms with Crippen molar-refractivity contribution in [2.45, 2.75) is 6.92 Å². The first kappa shape index (κ1) is 21.9. The highest BCUT2D eigenvalue weighted by atomic mass is 35.5. The van der Waals surface area contributed by atoms with E-state index in [4.69, 9.17) is 21.1 Å². The van der Waals surface area contributed by atoms with Gasteiger partial charge in [0.05, 0.1) is 25.5 Å². The molecule has 32 heavy (non-hydrogen) atoms. The quantitative estimate of drug-likeness (QED) is 0.674. The summed E-state index contributed by atoms with van der Waals surface area (Å²) < 4.78 is 10.7. The monoisotopic (exact) mass is 455 g/mol. The highest BCUT2D eigenvalue weighted by Gasteiger charge is 2.39. The van der Waals surface area contributed by atoms with Crippen molar-refractivity contribution in [2.24, 2.45) is 0 Å². The van der Waals surface area contributed by atoms with Crippen molar-refractivity contribution in [3.63, 3.8) is 0 Å². The molecular weight excluding hydrogens is 434 g/mol. The number of benzene rings is 2. The van der Waals surface area contributed by atoms with Crippen molar-refractivity contribution in [1.29, 1.82) is 0 Å². The fraction of sp³-hybridized carbons (Fsp3) is 0.261. The number of ether oxygens (including phenoxy) is 2. The molecule has 0 radical (unpaired) electrons. The molecule has 8 nitrogen and oxygen atoms in total. The first-order valence-corrected chi connectivity index (χ1v) is 10.6. The molecule has 2 heterocycles. The van der Waals surface area contributed by atoms with Gasteiger partial charge in [-0.05, 0) is 55.5 Å². The van der Waals surface area contributed by atoms with Gasteiger partial charge in [0.25, 0.3) is 17.7 Å². The summed E-state index contributed by atoms with van der Waals surface area (Å²) in [6.45, 7) is 4.55. The van der Waals surface area contributed by atoms with Gasteiger partial charge in [0.1, 0.15) is 16.5 Å². The maximum atomic E-state index is 12.9. The average molecular weight is 456 g/mol. The van der Waals surface area contributed by atoms with Gasteiger partial charge in [-0.15, -0.1) is 0 Å². The number of amides is 3. The lowest BCUT2D eigenvalue weighted by atomic mass is 10.1. The second-order valence-corrected chi connectivity index (χ2v) is 7.55. The molecule has 0 spiro atoms. The number of hydrogen-bond donors (Lipinski definition) is 1. The summed E-state index contributed by atoms with van der Waals surface area (Å²) in [4.78, 5) is 40.9. The molecular formula is C23H22ClN3O5. The topological polar surface area (TPSA) is 88.2 Å². The van der Waals surface area contributed by atoms with Crippen molar-refractivity contribution in [3.8, 4) is 5.75 Å². The van der Waals surface area contributed by atoms with E-state index in [0.717, 1.165) is 4.90 Å². The minimum absolute atomic E-state index is 0.0159. The number of hydrogen-bond acceptors (Lipinski definition) is 6. The molecule has 2 aromatic rings. The van der Waals surface area contributed by atoms with Crippen LogP contribution in [0.4, 0.5) is 11.4 Å². The van der Waals surface area contributed by atoms with E-state index in [9.17, 15) is 14.4 Å². The predicted molar refractivity (Wildman–Crippen MR) is 120 cm³/mol. The minimum Gasteiger partial charge on any atom is -0.494 e. The smallest absolute Gasteiger partial charge is 0.283 e. The van der Waals surface area contributed by atoms with Crippen LogP contribution >= 0.6 is 11.6 Å². The van der Waals surface area contributed by atoms with Crippen LogP contribution in [0.3, 0.4) is 0 Å². The number of anilines is 2. The average Bonchev–Trinajstić information content (AvgIpc) is 3.03. The van der Waals surface area contributed by atoms with E-state index in [-0.39, 0.29) is 16.6 Å². The van der Waals surface area contributed by atoms with Gasteiger partial charge in [0.2, 0.25) is 0 Å². The van der Waals surface area contributed by atoms with Gasteiger partial charge in [0.15, 0.2) is 0 Å². The molecule has 3 amide bonds. The number of carbonyl (C=O) groups excluding carboxylic acids is 3. The van der Waals surface area contributed by atoms with Gasteiger partial charge in [-0.3, -0.25) is 14.4 Å². The Kier molecular flexibility index (Phi) is 6.43. The van der Waals surface area contributed by atoms with E-state index in [1.165, 1.54) is 0 Å². The SMILES string of the molecule is CCOc1ccc(N2C(=O)C(Cl)=C(Nc3ccc(C(=O)N4CCOCC4)cc3)C2=O)cc1. The van der Waals surface area contributed by atoms with Crippen LogP contribution < -0.4 is 15.0 Å². The Morgan fingerprint density at radius 3 is 2.31 bits per heavy atom. The Balaban J connectivity index is 1.47. The van der Waals surface area contributed by atoms with Crippen LogP contribution in [0, 0.1) is 0 Å². The van der Waals surface area contributed by atoms with Gasteiger partial charge in [-0.2, -0.15) is 0 Å². The van der Waals surface area contributed by atoms with Crippen LogP contribution in [-0.4, -0.2) is 55.5 Å². The largest absolute Gasteiger partial charge is 0.494 e. The Morgan fingerprint density at radius 2 is 1.69 bits per heavy atom. The minimum atomic E-state index is -0.609. The fourth-order valence-corrected chi connectivity index (χ4v) is 3.71. The first-order valence-electron chi connectivity index (χ1n) is 10.2. The van der Waals surface area contributed by atoms with Crippen LogP contribution in [0.5, 0.6) is 5.75 Å². The van der Waals surface area contributed by atoms with E-state index in [2.05, 4.69) is 5.32 Å².